The number of methoxy groups -OCH3 is 1. The van der Waals surface area contributed by atoms with Gasteiger partial charge in [-0.1, -0.05) is 19.3 Å². The molecule has 5 rings (SSSR count). The van der Waals surface area contributed by atoms with E-state index >= 15 is 0 Å². The molecule has 0 unspecified atom stereocenters. The molecule has 1 N–H and O–H groups in total. The minimum absolute atomic E-state index is 0.0102. The Morgan fingerprint density at radius 2 is 1.85 bits per heavy atom. The van der Waals surface area contributed by atoms with Crippen molar-refractivity contribution < 1.29 is 23.1 Å². The quantitative estimate of drug-likeness (QED) is 0.600. The summed E-state index contributed by atoms with van der Waals surface area (Å²) in [5.74, 6) is -1.89. The Morgan fingerprint density at radius 1 is 1.09 bits per heavy atom. The van der Waals surface area contributed by atoms with Crippen molar-refractivity contribution in [1.29, 1.82) is 0 Å². The fraction of sp³-hybridized carbons (Fsp3) is 0.385. The zero-order chi connectivity index (χ0) is 24.0. The number of amides is 2. The van der Waals surface area contributed by atoms with Gasteiger partial charge >= 0.3 is 0 Å². The minimum atomic E-state index is -1.44. The first-order chi connectivity index (χ1) is 16.3. The van der Waals surface area contributed by atoms with E-state index < -0.39 is 23.1 Å². The molecule has 1 aromatic heterocycles. The first-order valence-corrected chi connectivity index (χ1v) is 11.6. The Bertz CT molecular complexity index is 1280. The molecule has 0 saturated heterocycles. The molecule has 178 valence electrons. The number of anilines is 1. The Kier molecular flexibility index (Phi) is 5.54. The largest absolute Gasteiger partial charge is 0.497 e. The van der Waals surface area contributed by atoms with Gasteiger partial charge in [-0.15, -0.1) is 0 Å². The summed E-state index contributed by atoms with van der Waals surface area (Å²) in [7, 11) is 1.56. The van der Waals surface area contributed by atoms with Crippen LogP contribution in [0.25, 0.3) is 10.9 Å². The number of hydrogen-bond acceptors (Lipinski definition) is 3. The summed E-state index contributed by atoms with van der Waals surface area (Å²) in [6, 6.07) is 10.2. The highest BCUT2D eigenvalue weighted by atomic mass is 19.1. The average Bonchev–Trinajstić information content (AvgIpc) is 3.18. The van der Waals surface area contributed by atoms with E-state index in [1.54, 1.807) is 30.7 Å². The lowest BCUT2D eigenvalue weighted by atomic mass is 9.91. The molecule has 2 heterocycles. The molecule has 34 heavy (non-hydrogen) atoms. The van der Waals surface area contributed by atoms with E-state index in [1.165, 1.54) is 11.0 Å². The molecular weight excluding hydrogens is 440 g/mol. The summed E-state index contributed by atoms with van der Waals surface area (Å²) < 4.78 is 35.8. The second-order valence-electron chi connectivity index (χ2n) is 9.36. The number of nitrogens with one attached hydrogen (secondary N) is 1. The summed E-state index contributed by atoms with van der Waals surface area (Å²) in [5, 5.41) is 3.91. The zero-order valence-electron chi connectivity index (χ0n) is 19.2. The Labute approximate surface area is 196 Å². The predicted octanol–water partition coefficient (Wildman–Crippen LogP) is 4.80. The molecule has 2 aromatic carbocycles. The summed E-state index contributed by atoms with van der Waals surface area (Å²) >= 11 is 0. The summed E-state index contributed by atoms with van der Waals surface area (Å²) in [6.07, 6.45) is 4.94. The zero-order valence-corrected chi connectivity index (χ0v) is 19.2. The summed E-state index contributed by atoms with van der Waals surface area (Å²) in [6.45, 7) is 1.75. The van der Waals surface area contributed by atoms with Crippen LogP contribution in [0.3, 0.4) is 0 Å². The summed E-state index contributed by atoms with van der Waals surface area (Å²) in [5.41, 5.74) is -0.481. The molecule has 0 spiro atoms. The van der Waals surface area contributed by atoms with Gasteiger partial charge in [0.15, 0.2) is 0 Å². The molecule has 8 heteroatoms. The van der Waals surface area contributed by atoms with E-state index in [-0.39, 0.29) is 24.2 Å². The van der Waals surface area contributed by atoms with Gasteiger partial charge in [0.1, 0.15) is 28.6 Å². The lowest BCUT2D eigenvalue weighted by molar-refractivity contribution is -0.127. The second-order valence-corrected chi connectivity index (χ2v) is 9.36. The number of ether oxygens (including phenoxy) is 1. The SMILES string of the molecule is COc1ccc2cc3n(c2c1)C[C@](C)(C(=O)NC1CCCCC1)N(c1ccc(F)cc1F)C3=O. The van der Waals surface area contributed by atoms with Crippen molar-refractivity contribution in [3.8, 4) is 5.75 Å². The number of carbonyl (C=O) groups excluding carboxylic acids is 2. The minimum Gasteiger partial charge on any atom is -0.497 e. The van der Waals surface area contributed by atoms with Crippen molar-refractivity contribution in [2.45, 2.75) is 57.2 Å². The fourth-order valence-corrected chi connectivity index (χ4v) is 5.23. The van der Waals surface area contributed by atoms with Gasteiger partial charge < -0.3 is 14.6 Å². The van der Waals surface area contributed by atoms with Crippen LogP contribution in [-0.4, -0.2) is 35.1 Å². The standard InChI is InChI=1S/C26H27F2N3O3/c1-26(25(33)29-18-6-4-3-5-7-18)15-30-22-14-19(34-2)10-8-16(22)12-23(30)24(32)31(26)21-11-9-17(27)13-20(21)28/h8-14,18H,3-7,15H2,1-2H3,(H,29,33)/t26-/m1/s1. The van der Waals surface area contributed by atoms with Crippen molar-refractivity contribution in [2.75, 3.05) is 12.0 Å². The van der Waals surface area contributed by atoms with Crippen LogP contribution in [0.15, 0.2) is 42.5 Å². The fourth-order valence-electron chi connectivity index (χ4n) is 5.23. The van der Waals surface area contributed by atoms with Gasteiger partial charge in [-0.25, -0.2) is 8.78 Å². The Balaban J connectivity index is 1.65. The third-order valence-corrected chi connectivity index (χ3v) is 7.07. The molecule has 2 amide bonds. The predicted molar refractivity (Wildman–Crippen MR) is 125 cm³/mol. The number of halogens is 2. The molecule has 1 aliphatic heterocycles. The Hall–Kier alpha value is -3.42. The van der Waals surface area contributed by atoms with Gasteiger partial charge in [0.2, 0.25) is 5.91 Å². The van der Waals surface area contributed by atoms with Crippen LogP contribution in [0.2, 0.25) is 0 Å². The maximum atomic E-state index is 15.0. The topological polar surface area (TPSA) is 63.6 Å². The monoisotopic (exact) mass is 467 g/mol. The van der Waals surface area contributed by atoms with Crippen molar-refractivity contribution >= 4 is 28.4 Å². The van der Waals surface area contributed by atoms with E-state index in [0.717, 1.165) is 55.1 Å². The van der Waals surface area contributed by atoms with Gasteiger partial charge in [0.05, 0.1) is 24.9 Å². The van der Waals surface area contributed by atoms with Crippen LogP contribution in [0.4, 0.5) is 14.5 Å². The van der Waals surface area contributed by atoms with Crippen molar-refractivity contribution in [3.63, 3.8) is 0 Å². The molecule has 3 aromatic rings. The van der Waals surface area contributed by atoms with E-state index in [2.05, 4.69) is 5.32 Å². The van der Waals surface area contributed by atoms with E-state index in [4.69, 9.17) is 4.74 Å². The number of fused-ring (bicyclic) bond motifs is 3. The van der Waals surface area contributed by atoms with Crippen LogP contribution in [0.5, 0.6) is 5.75 Å². The highest BCUT2D eigenvalue weighted by molar-refractivity contribution is 6.14. The van der Waals surface area contributed by atoms with Crippen molar-refractivity contribution in [1.82, 2.24) is 9.88 Å². The summed E-state index contributed by atoms with van der Waals surface area (Å²) in [4.78, 5) is 28.8. The number of benzene rings is 2. The number of hydrogen-bond donors (Lipinski definition) is 1. The molecule has 1 aliphatic carbocycles. The first-order valence-electron chi connectivity index (χ1n) is 11.6. The molecule has 0 bridgehead atoms. The highest BCUT2D eigenvalue weighted by Crippen LogP contribution is 2.38. The van der Waals surface area contributed by atoms with Gasteiger partial charge in [-0.05, 0) is 50.1 Å². The Morgan fingerprint density at radius 3 is 2.56 bits per heavy atom. The first kappa shape index (κ1) is 22.4. The molecule has 1 atom stereocenters. The van der Waals surface area contributed by atoms with E-state index in [1.807, 2.05) is 12.1 Å². The van der Waals surface area contributed by atoms with Gasteiger partial charge in [0, 0.05) is 23.6 Å². The normalized spacial score (nSPS) is 20.9. The van der Waals surface area contributed by atoms with Crippen LogP contribution in [0, 0.1) is 11.6 Å². The van der Waals surface area contributed by atoms with Crippen LogP contribution < -0.4 is 15.0 Å². The van der Waals surface area contributed by atoms with Crippen molar-refractivity contribution in [2.24, 2.45) is 0 Å². The molecular formula is C26H27F2N3O3. The second kappa shape index (κ2) is 8.42. The number of rotatable bonds is 4. The number of nitrogens with zero attached hydrogens (tertiary/aromatic N) is 2. The molecule has 6 nitrogen and oxygen atoms in total. The molecule has 0 radical (unpaired) electrons. The third kappa shape index (κ3) is 3.61. The van der Waals surface area contributed by atoms with Crippen LogP contribution in [-0.2, 0) is 11.3 Å². The lowest BCUT2D eigenvalue weighted by Crippen LogP contribution is -2.65. The van der Waals surface area contributed by atoms with Gasteiger partial charge in [-0.3, -0.25) is 14.5 Å². The van der Waals surface area contributed by atoms with E-state index in [0.29, 0.717) is 11.4 Å². The highest BCUT2D eigenvalue weighted by Gasteiger charge is 2.49. The van der Waals surface area contributed by atoms with Crippen LogP contribution >= 0.6 is 0 Å². The van der Waals surface area contributed by atoms with Gasteiger partial charge in [0.25, 0.3) is 5.91 Å². The van der Waals surface area contributed by atoms with Crippen molar-refractivity contribution in [3.05, 3.63) is 59.8 Å². The number of aromatic nitrogens is 1. The number of carbonyl (C=O) groups is 2. The van der Waals surface area contributed by atoms with Crippen LogP contribution in [0.1, 0.15) is 49.5 Å². The average molecular weight is 468 g/mol. The molecule has 1 fully saturated rings. The maximum Gasteiger partial charge on any atom is 0.276 e. The lowest BCUT2D eigenvalue weighted by Gasteiger charge is -2.44. The van der Waals surface area contributed by atoms with Gasteiger partial charge in [-0.2, -0.15) is 0 Å². The smallest absolute Gasteiger partial charge is 0.276 e. The maximum absolute atomic E-state index is 15.0. The van der Waals surface area contributed by atoms with E-state index in [9.17, 15) is 18.4 Å². The third-order valence-electron chi connectivity index (χ3n) is 7.07. The molecule has 1 saturated carbocycles. The molecule has 2 aliphatic rings.